The molecule has 0 spiro atoms. The quantitative estimate of drug-likeness (QED) is 0.734. The lowest BCUT2D eigenvalue weighted by atomic mass is 10.5. The molecule has 68 valence electrons. The first-order chi connectivity index (χ1) is 6.33. The highest BCUT2D eigenvalue weighted by Crippen LogP contribution is 2.08. The summed E-state index contributed by atoms with van der Waals surface area (Å²) in [7, 11) is 1.91. The molecular weight excluding hydrogens is 164 g/mol. The molecule has 0 aromatic carbocycles. The standard InChI is InChI=1S/C9H12N4/c1-7-9-11-4-3-5-13(9)8(12-7)6-10-2/h3-5,10H,6H2,1-2H3. The maximum Gasteiger partial charge on any atom is 0.159 e. The van der Waals surface area contributed by atoms with Crippen molar-refractivity contribution in [2.75, 3.05) is 7.05 Å². The van der Waals surface area contributed by atoms with E-state index in [-0.39, 0.29) is 0 Å². The van der Waals surface area contributed by atoms with Crippen molar-refractivity contribution in [2.45, 2.75) is 13.5 Å². The van der Waals surface area contributed by atoms with Crippen molar-refractivity contribution in [3.8, 4) is 0 Å². The van der Waals surface area contributed by atoms with Gasteiger partial charge >= 0.3 is 0 Å². The van der Waals surface area contributed by atoms with E-state index in [4.69, 9.17) is 0 Å². The molecule has 0 unspecified atom stereocenters. The largest absolute Gasteiger partial charge is 0.313 e. The van der Waals surface area contributed by atoms with Crippen molar-refractivity contribution in [1.29, 1.82) is 0 Å². The van der Waals surface area contributed by atoms with Crippen LogP contribution in [0.2, 0.25) is 0 Å². The molecule has 4 nitrogen and oxygen atoms in total. The van der Waals surface area contributed by atoms with Gasteiger partial charge in [-0.05, 0) is 20.0 Å². The van der Waals surface area contributed by atoms with E-state index >= 15 is 0 Å². The van der Waals surface area contributed by atoms with Crippen molar-refractivity contribution < 1.29 is 0 Å². The SMILES string of the molecule is CNCc1nc(C)c2ncccn12. The molecule has 0 saturated heterocycles. The predicted octanol–water partition coefficient (Wildman–Crippen LogP) is 0.757. The summed E-state index contributed by atoms with van der Waals surface area (Å²) in [5.41, 5.74) is 1.92. The first-order valence-corrected chi connectivity index (χ1v) is 4.26. The Morgan fingerprint density at radius 2 is 2.38 bits per heavy atom. The molecule has 0 amide bonds. The van der Waals surface area contributed by atoms with Crippen LogP contribution in [0.4, 0.5) is 0 Å². The third-order valence-corrected chi connectivity index (χ3v) is 1.98. The van der Waals surface area contributed by atoms with Crippen LogP contribution in [0.15, 0.2) is 18.5 Å². The number of aryl methyl sites for hydroxylation is 1. The average Bonchev–Trinajstić information content (AvgIpc) is 2.46. The molecule has 0 radical (unpaired) electrons. The summed E-state index contributed by atoms with van der Waals surface area (Å²) >= 11 is 0. The summed E-state index contributed by atoms with van der Waals surface area (Å²) < 4.78 is 2.01. The van der Waals surface area contributed by atoms with Gasteiger partial charge in [-0.2, -0.15) is 0 Å². The number of aromatic nitrogens is 3. The summed E-state index contributed by atoms with van der Waals surface area (Å²) in [6.07, 6.45) is 3.77. The van der Waals surface area contributed by atoms with Gasteiger partial charge in [0.1, 0.15) is 5.82 Å². The Labute approximate surface area is 76.6 Å². The number of rotatable bonds is 2. The van der Waals surface area contributed by atoms with Gasteiger partial charge in [-0.3, -0.25) is 4.40 Å². The van der Waals surface area contributed by atoms with E-state index in [0.717, 1.165) is 23.7 Å². The van der Waals surface area contributed by atoms with Gasteiger partial charge in [0.15, 0.2) is 5.65 Å². The van der Waals surface area contributed by atoms with E-state index < -0.39 is 0 Å². The summed E-state index contributed by atoms with van der Waals surface area (Å²) in [4.78, 5) is 8.67. The van der Waals surface area contributed by atoms with Crippen LogP contribution < -0.4 is 5.32 Å². The van der Waals surface area contributed by atoms with Crippen LogP contribution in [0.3, 0.4) is 0 Å². The number of imidazole rings is 1. The third kappa shape index (κ3) is 1.29. The Balaban J connectivity index is 2.63. The van der Waals surface area contributed by atoms with Crippen molar-refractivity contribution >= 4 is 5.65 Å². The van der Waals surface area contributed by atoms with Gasteiger partial charge < -0.3 is 5.32 Å². The van der Waals surface area contributed by atoms with E-state index in [1.807, 2.05) is 30.6 Å². The van der Waals surface area contributed by atoms with E-state index in [0.29, 0.717) is 0 Å². The number of fused-ring (bicyclic) bond motifs is 1. The fourth-order valence-electron chi connectivity index (χ4n) is 1.43. The zero-order chi connectivity index (χ0) is 9.26. The summed E-state index contributed by atoms with van der Waals surface area (Å²) in [5.74, 6) is 1.00. The summed E-state index contributed by atoms with van der Waals surface area (Å²) in [5, 5.41) is 3.08. The number of nitrogens with one attached hydrogen (secondary N) is 1. The fourth-order valence-corrected chi connectivity index (χ4v) is 1.43. The van der Waals surface area contributed by atoms with Crippen LogP contribution in [0.25, 0.3) is 5.65 Å². The van der Waals surface area contributed by atoms with Crippen LogP contribution in [-0.2, 0) is 6.54 Å². The second-order valence-electron chi connectivity index (χ2n) is 2.96. The fraction of sp³-hybridized carbons (Fsp3) is 0.333. The Kier molecular flexibility index (Phi) is 1.98. The van der Waals surface area contributed by atoms with E-state index in [1.54, 1.807) is 6.20 Å². The topological polar surface area (TPSA) is 42.2 Å². The minimum atomic E-state index is 0.765. The van der Waals surface area contributed by atoms with Crippen molar-refractivity contribution in [2.24, 2.45) is 0 Å². The molecule has 2 heterocycles. The Morgan fingerprint density at radius 3 is 3.15 bits per heavy atom. The molecule has 0 aliphatic rings. The number of nitrogens with zero attached hydrogens (tertiary/aromatic N) is 3. The van der Waals surface area contributed by atoms with Gasteiger partial charge in [-0.15, -0.1) is 0 Å². The number of hydrogen-bond donors (Lipinski definition) is 1. The minimum absolute atomic E-state index is 0.765. The normalized spacial score (nSPS) is 10.9. The first kappa shape index (κ1) is 8.19. The third-order valence-electron chi connectivity index (χ3n) is 1.98. The highest BCUT2D eigenvalue weighted by Gasteiger charge is 2.06. The van der Waals surface area contributed by atoms with Gasteiger partial charge in [0.25, 0.3) is 0 Å². The van der Waals surface area contributed by atoms with Crippen molar-refractivity contribution in [3.05, 3.63) is 30.0 Å². The van der Waals surface area contributed by atoms with E-state index in [2.05, 4.69) is 15.3 Å². The maximum atomic E-state index is 4.42. The molecule has 0 aliphatic heterocycles. The first-order valence-electron chi connectivity index (χ1n) is 4.26. The second-order valence-corrected chi connectivity index (χ2v) is 2.96. The Hall–Kier alpha value is -1.42. The zero-order valence-corrected chi connectivity index (χ0v) is 7.78. The summed E-state index contributed by atoms with van der Waals surface area (Å²) in [6.45, 7) is 2.74. The van der Waals surface area contributed by atoms with Gasteiger partial charge in [-0.25, -0.2) is 9.97 Å². The molecule has 2 rings (SSSR count). The zero-order valence-electron chi connectivity index (χ0n) is 7.78. The van der Waals surface area contributed by atoms with Gasteiger partial charge in [0, 0.05) is 12.4 Å². The van der Waals surface area contributed by atoms with Gasteiger partial charge in [-0.1, -0.05) is 0 Å². The highest BCUT2D eigenvalue weighted by atomic mass is 15.1. The smallest absolute Gasteiger partial charge is 0.159 e. The molecule has 0 aliphatic carbocycles. The van der Waals surface area contributed by atoms with Crippen molar-refractivity contribution in [3.63, 3.8) is 0 Å². The molecule has 2 aromatic heterocycles. The molecule has 0 fully saturated rings. The molecule has 0 bridgehead atoms. The van der Waals surface area contributed by atoms with Crippen LogP contribution in [0.5, 0.6) is 0 Å². The second kappa shape index (κ2) is 3.14. The monoisotopic (exact) mass is 176 g/mol. The van der Waals surface area contributed by atoms with Gasteiger partial charge in [0.05, 0.1) is 12.2 Å². The lowest BCUT2D eigenvalue weighted by Gasteiger charge is -1.97. The van der Waals surface area contributed by atoms with Gasteiger partial charge in [0.2, 0.25) is 0 Å². The predicted molar refractivity (Wildman–Crippen MR) is 50.5 cm³/mol. The Morgan fingerprint density at radius 1 is 1.54 bits per heavy atom. The number of hydrogen-bond acceptors (Lipinski definition) is 3. The van der Waals surface area contributed by atoms with Crippen LogP contribution in [-0.4, -0.2) is 21.4 Å². The average molecular weight is 176 g/mol. The lowest BCUT2D eigenvalue weighted by molar-refractivity contribution is 0.752. The maximum absolute atomic E-state index is 4.42. The van der Waals surface area contributed by atoms with Crippen LogP contribution in [0, 0.1) is 6.92 Å². The molecule has 0 saturated carbocycles. The van der Waals surface area contributed by atoms with Crippen LogP contribution in [0.1, 0.15) is 11.5 Å². The molecule has 13 heavy (non-hydrogen) atoms. The van der Waals surface area contributed by atoms with Crippen molar-refractivity contribution in [1.82, 2.24) is 19.7 Å². The molecular formula is C9H12N4. The molecule has 0 atom stereocenters. The van der Waals surface area contributed by atoms with Crippen LogP contribution >= 0.6 is 0 Å². The summed E-state index contributed by atoms with van der Waals surface area (Å²) in [6, 6.07) is 1.91. The van der Waals surface area contributed by atoms with E-state index in [1.165, 1.54) is 0 Å². The highest BCUT2D eigenvalue weighted by molar-refractivity contribution is 5.44. The lowest BCUT2D eigenvalue weighted by Crippen LogP contribution is -2.08. The molecule has 1 N–H and O–H groups in total. The minimum Gasteiger partial charge on any atom is -0.313 e. The Bertz CT molecular complexity index is 418. The molecule has 4 heteroatoms. The molecule has 2 aromatic rings. The van der Waals surface area contributed by atoms with E-state index in [9.17, 15) is 0 Å².